The van der Waals surface area contributed by atoms with Gasteiger partial charge in [0.2, 0.25) is 0 Å². The van der Waals surface area contributed by atoms with E-state index in [1.165, 1.54) is 12.8 Å². The fourth-order valence-corrected chi connectivity index (χ4v) is 2.66. The monoisotopic (exact) mass is 286 g/mol. The quantitative estimate of drug-likeness (QED) is 0.786. The lowest BCUT2D eigenvalue weighted by Gasteiger charge is -2.10. The average molecular weight is 287 g/mol. The van der Waals surface area contributed by atoms with E-state index in [-0.39, 0.29) is 0 Å². The number of nitrogens with zero attached hydrogens (tertiary/aromatic N) is 1. The van der Waals surface area contributed by atoms with Crippen molar-refractivity contribution in [3.63, 3.8) is 0 Å². The maximum absolute atomic E-state index is 6.06. The molecule has 2 nitrogen and oxygen atoms in total. The molecule has 0 bridgehead atoms. The number of hydrogen-bond acceptors (Lipinski definition) is 1. The average Bonchev–Trinajstić information content (AvgIpc) is 2.91. The molecule has 0 saturated heterocycles. The Morgan fingerprint density at radius 3 is 2.65 bits per heavy atom. The molecule has 1 heterocycles. The highest BCUT2D eigenvalue weighted by Gasteiger charge is 2.38. The van der Waals surface area contributed by atoms with Crippen LogP contribution in [0.4, 0.5) is 0 Å². The number of fused-ring (bicyclic) bond motifs is 1. The minimum atomic E-state index is 0.402. The van der Waals surface area contributed by atoms with E-state index >= 15 is 0 Å². The molecule has 1 fully saturated rings. The largest absolute Gasteiger partial charge is 0.331 e. The van der Waals surface area contributed by atoms with E-state index in [9.17, 15) is 0 Å². The third kappa shape index (κ3) is 2.01. The second kappa shape index (κ2) is 3.74. The van der Waals surface area contributed by atoms with E-state index in [0.29, 0.717) is 15.5 Å². The van der Waals surface area contributed by atoms with Crippen LogP contribution in [0, 0.1) is 10.2 Å². The number of imidazole rings is 1. The maximum atomic E-state index is 6.06. The third-order valence-electron chi connectivity index (χ3n) is 3.46. The molecular weight excluding hydrogens is 275 g/mol. The predicted molar refractivity (Wildman–Crippen MR) is 74.5 cm³/mol. The number of aromatic nitrogens is 2. The summed E-state index contributed by atoms with van der Waals surface area (Å²) in [5.41, 5.74) is 2.39. The van der Waals surface area contributed by atoms with Crippen LogP contribution >= 0.6 is 35.4 Å². The van der Waals surface area contributed by atoms with Crippen LogP contribution in [0.1, 0.15) is 19.8 Å². The number of halogens is 2. The van der Waals surface area contributed by atoms with Crippen LogP contribution < -0.4 is 0 Å². The molecule has 5 heteroatoms. The summed E-state index contributed by atoms with van der Waals surface area (Å²) in [6, 6.07) is 3.72. The van der Waals surface area contributed by atoms with E-state index in [4.69, 9.17) is 35.4 Å². The minimum absolute atomic E-state index is 0.402. The van der Waals surface area contributed by atoms with Crippen molar-refractivity contribution in [2.24, 2.45) is 5.41 Å². The zero-order chi connectivity index (χ0) is 12.2. The Morgan fingerprint density at radius 1 is 1.35 bits per heavy atom. The van der Waals surface area contributed by atoms with Crippen molar-refractivity contribution < 1.29 is 0 Å². The summed E-state index contributed by atoms with van der Waals surface area (Å²) >= 11 is 17.4. The van der Waals surface area contributed by atoms with Crippen LogP contribution in [0.25, 0.3) is 11.0 Å². The Bertz CT molecular complexity index is 652. The second-order valence-corrected chi connectivity index (χ2v) is 6.31. The van der Waals surface area contributed by atoms with E-state index in [2.05, 4.69) is 16.5 Å². The predicted octanol–water partition coefficient (Wildman–Crippen LogP) is 4.81. The fourth-order valence-electron chi connectivity index (χ4n) is 2.06. The van der Waals surface area contributed by atoms with Crippen molar-refractivity contribution in [3.8, 4) is 0 Å². The highest BCUT2D eigenvalue weighted by atomic mass is 35.5. The summed E-state index contributed by atoms with van der Waals surface area (Å²) in [5, 5.41) is 1.13. The van der Waals surface area contributed by atoms with Gasteiger partial charge in [0.15, 0.2) is 4.77 Å². The highest BCUT2D eigenvalue weighted by Crippen LogP contribution is 2.47. The Balaban J connectivity index is 2.19. The molecule has 1 aromatic heterocycles. The molecule has 3 rings (SSSR count). The molecule has 0 spiro atoms. The van der Waals surface area contributed by atoms with Gasteiger partial charge in [-0.1, -0.05) is 30.1 Å². The zero-order valence-corrected chi connectivity index (χ0v) is 11.7. The first-order chi connectivity index (χ1) is 7.98. The minimum Gasteiger partial charge on any atom is -0.331 e. The summed E-state index contributed by atoms with van der Waals surface area (Å²) in [4.78, 5) is 3.18. The Morgan fingerprint density at radius 2 is 2.00 bits per heavy atom. The number of rotatable bonds is 2. The molecule has 90 valence electrons. The van der Waals surface area contributed by atoms with Crippen molar-refractivity contribution >= 4 is 46.5 Å². The van der Waals surface area contributed by atoms with Crippen LogP contribution in [0.3, 0.4) is 0 Å². The standard InChI is InChI=1S/C12H12Cl2N2S/c1-12(2-3-12)6-16-10-5-8(14)7(13)4-9(10)15-11(16)17/h4-5H,2-3,6H2,1H3,(H,15,17). The van der Waals surface area contributed by atoms with Gasteiger partial charge >= 0.3 is 0 Å². The Hall–Kier alpha value is -0.510. The maximum Gasteiger partial charge on any atom is 0.178 e. The van der Waals surface area contributed by atoms with Gasteiger partial charge in [-0.25, -0.2) is 0 Å². The number of H-pyrrole nitrogens is 1. The van der Waals surface area contributed by atoms with Crippen LogP contribution in [0.5, 0.6) is 0 Å². The third-order valence-corrected chi connectivity index (χ3v) is 4.50. The molecule has 17 heavy (non-hydrogen) atoms. The van der Waals surface area contributed by atoms with Crippen LogP contribution in [-0.2, 0) is 6.54 Å². The summed E-state index contributed by atoms with van der Waals surface area (Å²) in [7, 11) is 0. The molecule has 0 amide bonds. The van der Waals surface area contributed by atoms with E-state index in [0.717, 1.165) is 22.3 Å². The topological polar surface area (TPSA) is 20.7 Å². The molecule has 0 radical (unpaired) electrons. The van der Waals surface area contributed by atoms with E-state index in [1.54, 1.807) is 0 Å². The smallest absolute Gasteiger partial charge is 0.178 e. The molecular formula is C12H12Cl2N2S. The molecule has 1 saturated carbocycles. The van der Waals surface area contributed by atoms with Gasteiger partial charge in [0, 0.05) is 6.54 Å². The van der Waals surface area contributed by atoms with Gasteiger partial charge in [-0.15, -0.1) is 0 Å². The lowest BCUT2D eigenvalue weighted by molar-refractivity contribution is 0.469. The Kier molecular flexibility index (Phi) is 2.55. The van der Waals surface area contributed by atoms with Crippen molar-refractivity contribution in [1.82, 2.24) is 9.55 Å². The van der Waals surface area contributed by atoms with Gasteiger partial charge in [-0.2, -0.15) is 0 Å². The Labute approximate surface area is 115 Å². The number of nitrogens with one attached hydrogen (secondary N) is 1. The lowest BCUT2D eigenvalue weighted by Crippen LogP contribution is -2.07. The lowest BCUT2D eigenvalue weighted by atomic mass is 10.1. The first kappa shape index (κ1) is 11.6. The summed E-state index contributed by atoms with van der Waals surface area (Å²) in [6.45, 7) is 3.23. The number of aromatic amines is 1. The van der Waals surface area contributed by atoms with Gasteiger partial charge in [0.1, 0.15) is 0 Å². The highest BCUT2D eigenvalue weighted by molar-refractivity contribution is 7.71. The fraction of sp³-hybridized carbons (Fsp3) is 0.417. The van der Waals surface area contributed by atoms with Crippen molar-refractivity contribution in [2.75, 3.05) is 0 Å². The SMILES string of the molecule is CC1(Cn2c(=S)[nH]c3cc(Cl)c(Cl)cc32)CC1. The van der Waals surface area contributed by atoms with E-state index in [1.807, 2.05) is 12.1 Å². The van der Waals surface area contributed by atoms with Crippen LogP contribution in [-0.4, -0.2) is 9.55 Å². The van der Waals surface area contributed by atoms with Gasteiger partial charge in [0.05, 0.1) is 21.1 Å². The molecule has 1 N–H and O–H groups in total. The van der Waals surface area contributed by atoms with Gasteiger partial charge in [-0.05, 0) is 42.6 Å². The van der Waals surface area contributed by atoms with Crippen molar-refractivity contribution in [3.05, 3.63) is 26.9 Å². The van der Waals surface area contributed by atoms with Gasteiger partial charge < -0.3 is 9.55 Å². The normalized spacial score (nSPS) is 17.6. The summed E-state index contributed by atoms with van der Waals surface area (Å²) in [6.07, 6.45) is 2.53. The van der Waals surface area contributed by atoms with Crippen molar-refractivity contribution in [1.29, 1.82) is 0 Å². The van der Waals surface area contributed by atoms with Crippen LogP contribution in [0.2, 0.25) is 10.0 Å². The first-order valence-electron chi connectivity index (χ1n) is 5.56. The van der Waals surface area contributed by atoms with Gasteiger partial charge in [0.25, 0.3) is 0 Å². The van der Waals surface area contributed by atoms with Crippen LogP contribution in [0.15, 0.2) is 12.1 Å². The molecule has 2 aromatic rings. The second-order valence-electron chi connectivity index (χ2n) is 5.11. The van der Waals surface area contributed by atoms with Gasteiger partial charge in [-0.3, -0.25) is 0 Å². The zero-order valence-electron chi connectivity index (χ0n) is 9.39. The molecule has 1 aliphatic carbocycles. The molecule has 1 aliphatic rings. The molecule has 0 atom stereocenters. The van der Waals surface area contributed by atoms with E-state index < -0.39 is 0 Å². The number of benzene rings is 1. The molecule has 0 unspecified atom stereocenters. The summed E-state index contributed by atoms with van der Waals surface area (Å²) < 4.78 is 2.87. The molecule has 0 aliphatic heterocycles. The molecule has 1 aromatic carbocycles. The van der Waals surface area contributed by atoms with Crippen molar-refractivity contribution in [2.45, 2.75) is 26.3 Å². The first-order valence-corrected chi connectivity index (χ1v) is 6.73. The number of hydrogen-bond donors (Lipinski definition) is 1. The summed E-state index contributed by atoms with van der Waals surface area (Å²) in [5.74, 6) is 0.